The van der Waals surface area contributed by atoms with Gasteiger partial charge in [-0.3, -0.25) is 9.59 Å². The van der Waals surface area contributed by atoms with E-state index in [4.69, 9.17) is 32.7 Å². The smallest absolute Gasteiger partial charge is 0.258 e. The fourth-order valence-corrected chi connectivity index (χ4v) is 4.68. The van der Waals surface area contributed by atoms with Crippen LogP contribution in [0.4, 0.5) is 4.39 Å². The molecule has 0 spiro atoms. The molecule has 3 saturated carbocycles. The minimum absolute atomic E-state index is 0.000189. The van der Waals surface area contributed by atoms with Gasteiger partial charge in [-0.25, -0.2) is 4.39 Å². The molecule has 0 heterocycles. The number of hydrogen-bond donors (Lipinski definition) is 2. The highest BCUT2D eigenvalue weighted by Gasteiger charge is 2.69. The van der Waals surface area contributed by atoms with Gasteiger partial charge in [-0.1, -0.05) is 35.3 Å². The largest absolute Gasteiger partial charge is 0.484 e. The van der Waals surface area contributed by atoms with Crippen LogP contribution in [0, 0.1) is 5.82 Å². The predicted octanol–water partition coefficient (Wildman–Crippen LogP) is 3.68. The van der Waals surface area contributed by atoms with Crippen molar-refractivity contribution >= 4 is 35.0 Å². The Balaban J connectivity index is 1.11. The topological polar surface area (TPSA) is 76.7 Å². The molecule has 2 aromatic carbocycles. The van der Waals surface area contributed by atoms with Gasteiger partial charge in [0, 0.05) is 22.2 Å². The van der Waals surface area contributed by atoms with Crippen molar-refractivity contribution in [3.8, 4) is 5.75 Å². The molecule has 0 radical (unpaired) electrons. The summed E-state index contributed by atoms with van der Waals surface area (Å²) in [5.41, 5.74) is 0.537. The first-order chi connectivity index (χ1) is 15.3. The van der Waals surface area contributed by atoms with Crippen LogP contribution in [0.3, 0.4) is 0 Å². The summed E-state index contributed by atoms with van der Waals surface area (Å²) < 4.78 is 24.2. The standard InChI is InChI=1S/C23H23Cl2FN2O4/c24-16-3-1-15(2-4-16)7-8-31-10-20(29)27-22-12-23(13-22,14-22)28-21(30)11-32-17-5-6-18(25)19(26)9-17/h1-6,9H,7-8,10-14H2,(H,27,29)(H,28,30). The Labute approximate surface area is 195 Å². The van der Waals surface area contributed by atoms with Crippen molar-refractivity contribution in [2.75, 3.05) is 19.8 Å². The van der Waals surface area contributed by atoms with Gasteiger partial charge < -0.3 is 20.1 Å². The molecule has 2 aromatic rings. The lowest BCUT2D eigenvalue weighted by molar-refractivity contribution is -0.152. The quantitative estimate of drug-likeness (QED) is 0.508. The summed E-state index contributed by atoms with van der Waals surface area (Å²) in [7, 11) is 0. The van der Waals surface area contributed by atoms with E-state index in [0.29, 0.717) is 37.3 Å². The van der Waals surface area contributed by atoms with E-state index in [1.165, 1.54) is 12.1 Å². The van der Waals surface area contributed by atoms with Crippen molar-refractivity contribution in [2.24, 2.45) is 0 Å². The van der Waals surface area contributed by atoms with E-state index >= 15 is 0 Å². The summed E-state index contributed by atoms with van der Waals surface area (Å²) in [4.78, 5) is 24.3. The summed E-state index contributed by atoms with van der Waals surface area (Å²) >= 11 is 11.5. The van der Waals surface area contributed by atoms with Gasteiger partial charge >= 0.3 is 0 Å². The molecule has 6 nitrogen and oxygen atoms in total. The molecule has 5 rings (SSSR count). The Morgan fingerprint density at radius 2 is 1.56 bits per heavy atom. The van der Waals surface area contributed by atoms with Crippen LogP contribution in [0.1, 0.15) is 24.8 Å². The van der Waals surface area contributed by atoms with Gasteiger partial charge in [0.15, 0.2) is 6.61 Å². The van der Waals surface area contributed by atoms with Gasteiger partial charge in [0.2, 0.25) is 5.91 Å². The number of rotatable bonds is 10. The number of hydrogen-bond acceptors (Lipinski definition) is 4. The molecule has 32 heavy (non-hydrogen) atoms. The SMILES string of the molecule is O=C(COCCc1ccc(Cl)cc1)NC12CC(NC(=O)COc3ccc(Cl)c(F)c3)(C1)C2. The summed E-state index contributed by atoms with van der Waals surface area (Å²) in [6, 6.07) is 11.5. The number of benzene rings is 2. The van der Waals surface area contributed by atoms with E-state index in [0.717, 1.165) is 11.6 Å². The third-order valence-corrected chi connectivity index (χ3v) is 6.34. The zero-order valence-electron chi connectivity index (χ0n) is 17.3. The lowest BCUT2D eigenvalue weighted by Crippen LogP contribution is -2.84. The van der Waals surface area contributed by atoms with Crippen LogP contribution in [0.15, 0.2) is 42.5 Å². The van der Waals surface area contributed by atoms with Crippen molar-refractivity contribution in [3.63, 3.8) is 0 Å². The third-order valence-electron chi connectivity index (χ3n) is 5.78. The van der Waals surface area contributed by atoms with E-state index in [1.807, 2.05) is 24.3 Å². The first-order valence-electron chi connectivity index (χ1n) is 10.3. The molecule has 170 valence electrons. The fourth-order valence-electron chi connectivity index (χ4n) is 4.44. The predicted molar refractivity (Wildman–Crippen MR) is 118 cm³/mol. The van der Waals surface area contributed by atoms with Crippen LogP contribution in [0.25, 0.3) is 0 Å². The molecule has 3 fully saturated rings. The normalized spacial score (nSPS) is 23.0. The minimum atomic E-state index is -0.601. The van der Waals surface area contributed by atoms with Crippen molar-refractivity contribution in [1.82, 2.24) is 10.6 Å². The van der Waals surface area contributed by atoms with Gasteiger partial charge in [0.05, 0.1) is 11.6 Å². The minimum Gasteiger partial charge on any atom is -0.484 e. The molecular formula is C23H23Cl2FN2O4. The number of amides is 2. The molecule has 3 aliphatic carbocycles. The van der Waals surface area contributed by atoms with Gasteiger partial charge in [-0.2, -0.15) is 0 Å². The van der Waals surface area contributed by atoms with Crippen LogP contribution >= 0.6 is 23.2 Å². The Hall–Kier alpha value is -2.35. The first-order valence-corrected chi connectivity index (χ1v) is 11.0. The molecular weight excluding hydrogens is 458 g/mol. The Morgan fingerprint density at radius 1 is 0.938 bits per heavy atom. The molecule has 2 N–H and O–H groups in total. The molecule has 0 atom stereocenters. The van der Waals surface area contributed by atoms with Crippen LogP contribution < -0.4 is 15.4 Å². The van der Waals surface area contributed by atoms with Crippen LogP contribution in [0.2, 0.25) is 10.0 Å². The fraction of sp³-hybridized carbons (Fsp3) is 0.391. The summed E-state index contributed by atoms with van der Waals surface area (Å²) in [5.74, 6) is -0.811. The van der Waals surface area contributed by atoms with E-state index in [-0.39, 0.29) is 46.9 Å². The van der Waals surface area contributed by atoms with Crippen LogP contribution in [-0.4, -0.2) is 42.7 Å². The van der Waals surface area contributed by atoms with Crippen LogP contribution in [-0.2, 0) is 20.7 Å². The highest BCUT2D eigenvalue weighted by Crippen LogP contribution is 2.60. The maximum atomic E-state index is 13.4. The molecule has 3 aliphatic rings. The maximum absolute atomic E-state index is 13.4. The number of carbonyl (C=O) groups excluding carboxylic acids is 2. The van der Waals surface area contributed by atoms with Crippen molar-refractivity contribution in [1.29, 1.82) is 0 Å². The molecule has 9 heteroatoms. The second kappa shape index (κ2) is 9.25. The highest BCUT2D eigenvalue weighted by atomic mass is 35.5. The van der Waals surface area contributed by atoms with Gasteiger partial charge in [0.1, 0.15) is 18.2 Å². The number of nitrogens with one attached hydrogen (secondary N) is 2. The molecule has 2 amide bonds. The molecule has 0 saturated heterocycles. The Morgan fingerprint density at radius 3 is 2.19 bits per heavy atom. The Kier molecular flexibility index (Phi) is 6.60. The monoisotopic (exact) mass is 480 g/mol. The van der Waals surface area contributed by atoms with Gasteiger partial charge in [-0.15, -0.1) is 0 Å². The van der Waals surface area contributed by atoms with E-state index < -0.39 is 5.82 Å². The maximum Gasteiger partial charge on any atom is 0.258 e. The first kappa shape index (κ1) is 22.8. The zero-order valence-corrected chi connectivity index (χ0v) is 18.8. The van der Waals surface area contributed by atoms with Crippen molar-refractivity contribution in [2.45, 2.75) is 36.8 Å². The van der Waals surface area contributed by atoms with E-state index in [9.17, 15) is 14.0 Å². The number of carbonyl (C=O) groups is 2. The summed E-state index contributed by atoms with van der Waals surface area (Å²) in [5, 5.41) is 6.65. The molecule has 0 aromatic heterocycles. The molecule has 0 aliphatic heterocycles. The van der Waals surface area contributed by atoms with E-state index in [2.05, 4.69) is 10.6 Å². The lowest BCUT2D eigenvalue weighted by atomic mass is 9.44. The lowest BCUT2D eigenvalue weighted by Gasteiger charge is -2.70. The van der Waals surface area contributed by atoms with E-state index in [1.54, 1.807) is 0 Å². The Bertz CT molecular complexity index is 996. The number of halogens is 3. The third kappa shape index (κ3) is 5.34. The van der Waals surface area contributed by atoms with Gasteiger partial charge in [-0.05, 0) is 55.5 Å². The van der Waals surface area contributed by atoms with Crippen molar-refractivity contribution in [3.05, 3.63) is 63.9 Å². The number of ether oxygens (including phenoxy) is 2. The second-order valence-corrected chi connectivity index (χ2v) is 9.32. The molecule has 0 unspecified atom stereocenters. The van der Waals surface area contributed by atoms with Crippen LogP contribution in [0.5, 0.6) is 5.75 Å². The average Bonchev–Trinajstić information content (AvgIpc) is 2.71. The van der Waals surface area contributed by atoms with Gasteiger partial charge in [0.25, 0.3) is 5.91 Å². The second-order valence-electron chi connectivity index (χ2n) is 8.48. The molecule has 2 bridgehead atoms. The average molecular weight is 481 g/mol. The zero-order chi connectivity index (χ0) is 22.8. The summed E-state index contributed by atoms with van der Waals surface area (Å²) in [6.07, 6.45) is 2.74. The van der Waals surface area contributed by atoms with Crippen molar-refractivity contribution < 1.29 is 23.5 Å². The summed E-state index contributed by atoms with van der Waals surface area (Å²) in [6.45, 7) is 0.226. The highest BCUT2D eigenvalue weighted by molar-refractivity contribution is 6.30.